The molecule has 0 spiro atoms. The lowest BCUT2D eigenvalue weighted by atomic mass is 10.1. The van der Waals surface area contributed by atoms with Gasteiger partial charge in [-0.05, 0) is 43.5 Å². The summed E-state index contributed by atoms with van der Waals surface area (Å²) in [4.78, 5) is 36.6. The molecule has 3 rings (SSSR count). The summed E-state index contributed by atoms with van der Waals surface area (Å²) in [6, 6.07) is 12.0. The Morgan fingerprint density at radius 3 is 2.55 bits per heavy atom. The number of amides is 2. The molecular weight excluding hydrogens is 400 g/mol. The number of hydrogen-bond donors (Lipinski definition) is 2. The smallest absolute Gasteiger partial charge is 0.410 e. The first kappa shape index (κ1) is 22.1. The molecule has 1 aliphatic heterocycles. The van der Waals surface area contributed by atoms with E-state index in [1.165, 1.54) is 6.07 Å². The molecule has 0 saturated carbocycles. The number of nitro groups is 1. The summed E-state index contributed by atoms with van der Waals surface area (Å²) in [6.07, 6.45) is -0.348. The molecule has 0 unspecified atom stereocenters. The number of carbonyl (C=O) groups is 2. The van der Waals surface area contributed by atoms with E-state index < -0.39 is 10.5 Å². The minimum absolute atomic E-state index is 0.0801. The minimum atomic E-state index is -0.546. The molecule has 31 heavy (non-hydrogen) atoms. The van der Waals surface area contributed by atoms with Crippen LogP contribution >= 0.6 is 0 Å². The van der Waals surface area contributed by atoms with Gasteiger partial charge in [0.2, 0.25) is 5.91 Å². The van der Waals surface area contributed by atoms with E-state index in [1.807, 2.05) is 39.0 Å². The quantitative estimate of drug-likeness (QED) is 0.539. The maximum Gasteiger partial charge on any atom is 0.410 e. The van der Waals surface area contributed by atoms with Crippen molar-refractivity contribution in [2.75, 3.05) is 11.9 Å². The highest BCUT2D eigenvalue weighted by Crippen LogP contribution is 2.26. The molecule has 9 heteroatoms. The molecule has 0 aliphatic carbocycles. The lowest BCUT2D eigenvalue weighted by Gasteiger charge is -2.24. The van der Waals surface area contributed by atoms with E-state index in [0.717, 1.165) is 16.7 Å². The van der Waals surface area contributed by atoms with Crippen LogP contribution in [0.4, 0.5) is 16.2 Å². The highest BCUT2D eigenvalue weighted by atomic mass is 16.6. The molecule has 1 heterocycles. The highest BCUT2D eigenvalue weighted by Gasteiger charge is 2.27. The van der Waals surface area contributed by atoms with Crippen LogP contribution in [0.1, 0.15) is 37.5 Å². The molecule has 164 valence electrons. The first-order valence-corrected chi connectivity index (χ1v) is 9.95. The zero-order valence-electron chi connectivity index (χ0n) is 17.8. The number of carbonyl (C=O) groups excluding carboxylic acids is 2. The van der Waals surface area contributed by atoms with Crippen molar-refractivity contribution in [2.24, 2.45) is 0 Å². The summed E-state index contributed by atoms with van der Waals surface area (Å²) in [5, 5.41) is 16.6. The second-order valence-electron chi connectivity index (χ2n) is 8.34. The lowest BCUT2D eigenvalue weighted by Crippen LogP contribution is -2.33. The molecule has 0 aromatic heterocycles. The van der Waals surface area contributed by atoms with Gasteiger partial charge in [-0.3, -0.25) is 19.8 Å². The minimum Gasteiger partial charge on any atom is -0.444 e. The largest absolute Gasteiger partial charge is 0.444 e. The second-order valence-corrected chi connectivity index (χ2v) is 8.34. The van der Waals surface area contributed by atoms with Crippen LogP contribution in [-0.2, 0) is 29.2 Å². The molecule has 0 atom stereocenters. The van der Waals surface area contributed by atoms with Crippen LogP contribution in [-0.4, -0.2) is 34.0 Å². The van der Waals surface area contributed by atoms with Gasteiger partial charge in [-0.15, -0.1) is 0 Å². The van der Waals surface area contributed by atoms with Crippen molar-refractivity contribution in [1.29, 1.82) is 0 Å². The maximum atomic E-state index is 12.3. The Bertz CT molecular complexity index is 1000. The Morgan fingerprint density at radius 2 is 1.84 bits per heavy atom. The van der Waals surface area contributed by atoms with Crippen molar-refractivity contribution >= 4 is 23.4 Å². The molecule has 2 aromatic carbocycles. The molecule has 0 saturated heterocycles. The fraction of sp³-hybridized carbons (Fsp3) is 0.364. The van der Waals surface area contributed by atoms with Crippen molar-refractivity contribution in [1.82, 2.24) is 10.2 Å². The molecule has 2 aromatic rings. The molecular formula is C22H26N4O5. The van der Waals surface area contributed by atoms with Gasteiger partial charge in [-0.2, -0.15) is 0 Å². The number of benzene rings is 2. The molecule has 0 radical (unpaired) electrons. The normalized spacial score (nSPS) is 12.8. The number of anilines is 1. The first-order valence-electron chi connectivity index (χ1n) is 9.95. The average Bonchev–Trinajstić information content (AvgIpc) is 3.13. The van der Waals surface area contributed by atoms with Gasteiger partial charge in [0, 0.05) is 25.7 Å². The van der Waals surface area contributed by atoms with Gasteiger partial charge < -0.3 is 15.4 Å². The number of nitrogens with zero attached hydrogens (tertiary/aromatic N) is 2. The maximum absolute atomic E-state index is 12.3. The average molecular weight is 426 g/mol. The number of nitrogens with one attached hydrogen (secondary N) is 2. The number of rotatable bonds is 6. The zero-order chi connectivity index (χ0) is 22.6. The van der Waals surface area contributed by atoms with E-state index >= 15 is 0 Å². The molecule has 0 fully saturated rings. The highest BCUT2D eigenvalue weighted by molar-refractivity contribution is 5.81. The van der Waals surface area contributed by atoms with E-state index in [1.54, 1.807) is 23.1 Å². The summed E-state index contributed by atoms with van der Waals surface area (Å²) in [5.74, 6) is -0.283. The Balaban J connectivity index is 1.52. The van der Waals surface area contributed by atoms with Crippen molar-refractivity contribution < 1.29 is 19.2 Å². The molecule has 1 aliphatic rings. The van der Waals surface area contributed by atoms with E-state index in [4.69, 9.17) is 4.74 Å². The summed E-state index contributed by atoms with van der Waals surface area (Å²) in [7, 11) is 0. The van der Waals surface area contributed by atoms with Crippen LogP contribution in [0.3, 0.4) is 0 Å². The topological polar surface area (TPSA) is 114 Å². The monoisotopic (exact) mass is 426 g/mol. The molecule has 2 amide bonds. The third-order valence-corrected chi connectivity index (χ3v) is 4.67. The summed E-state index contributed by atoms with van der Waals surface area (Å²) in [6.45, 7) is 6.69. The Hall–Kier alpha value is -3.62. The van der Waals surface area contributed by atoms with Gasteiger partial charge in [-0.25, -0.2) is 4.79 Å². The Kier molecular flexibility index (Phi) is 6.43. The van der Waals surface area contributed by atoms with Crippen LogP contribution in [0.25, 0.3) is 0 Å². The van der Waals surface area contributed by atoms with Crippen molar-refractivity contribution in [3.8, 4) is 0 Å². The van der Waals surface area contributed by atoms with Crippen LogP contribution in [0.2, 0.25) is 0 Å². The van der Waals surface area contributed by atoms with Crippen LogP contribution in [0, 0.1) is 10.1 Å². The fourth-order valence-electron chi connectivity index (χ4n) is 3.23. The van der Waals surface area contributed by atoms with Gasteiger partial charge in [-0.1, -0.05) is 30.3 Å². The van der Waals surface area contributed by atoms with Crippen LogP contribution in [0.15, 0.2) is 42.5 Å². The van der Waals surface area contributed by atoms with E-state index in [0.29, 0.717) is 25.3 Å². The number of hydrogen-bond acceptors (Lipinski definition) is 6. The van der Waals surface area contributed by atoms with Crippen molar-refractivity contribution in [3.05, 3.63) is 69.3 Å². The summed E-state index contributed by atoms with van der Waals surface area (Å²) >= 11 is 0. The van der Waals surface area contributed by atoms with Crippen LogP contribution in [0.5, 0.6) is 0 Å². The van der Waals surface area contributed by atoms with Crippen LogP contribution < -0.4 is 10.6 Å². The molecule has 2 N–H and O–H groups in total. The standard InChI is InChI=1S/C22H26N4O5/c1-22(2,3)31-21(28)25-13-16-9-8-15(10-17(16)14-25)11-24-20(27)12-23-18-6-4-5-7-19(18)26(29)30/h4-10,23H,11-14H2,1-3H3,(H,24,27). The summed E-state index contributed by atoms with van der Waals surface area (Å²) in [5.41, 5.74) is 2.65. The zero-order valence-corrected chi connectivity index (χ0v) is 17.8. The van der Waals surface area contributed by atoms with Gasteiger partial charge in [0.1, 0.15) is 11.3 Å². The van der Waals surface area contributed by atoms with E-state index in [2.05, 4.69) is 10.6 Å². The van der Waals surface area contributed by atoms with Crippen molar-refractivity contribution in [2.45, 2.75) is 46.0 Å². The van der Waals surface area contributed by atoms with Gasteiger partial charge in [0.25, 0.3) is 5.69 Å². The Labute approximate surface area is 180 Å². The number of para-hydroxylation sites is 2. The summed E-state index contributed by atoms with van der Waals surface area (Å²) < 4.78 is 5.43. The second kappa shape index (κ2) is 9.03. The molecule has 0 bridgehead atoms. The lowest BCUT2D eigenvalue weighted by molar-refractivity contribution is -0.383. The SMILES string of the molecule is CC(C)(C)OC(=O)N1Cc2ccc(CNC(=O)CNc3ccccc3[N+](=O)[O-])cc2C1. The number of fused-ring (bicyclic) bond motifs is 1. The predicted molar refractivity (Wildman–Crippen MR) is 115 cm³/mol. The number of nitro benzene ring substituents is 1. The third kappa shape index (κ3) is 5.94. The number of ether oxygens (including phenoxy) is 1. The van der Waals surface area contributed by atoms with Gasteiger partial charge in [0.05, 0.1) is 11.5 Å². The third-order valence-electron chi connectivity index (χ3n) is 4.67. The van der Waals surface area contributed by atoms with E-state index in [-0.39, 0.29) is 24.2 Å². The fourth-order valence-corrected chi connectivity index (χ4v) is 3.23. The van der Waals surface area contributed by atoms with E-state index in [9.17, 15) is 19.7 Å². The van der Waals surface area contributed by atoms with Gasteiger partial charge in [0.15, 0.2) is 0 Å². The molecule has 9 nitrogen and oxygen atoms in total. The first-order chi connectivity index (χ1) is 14.6. The Morgan fingerprint density at radius 1 is 1.13 bits per heavy atom. The predicted octanol–water partition coefficient (Wildman–Crippen LogP) is 3.57. The van der Waals surface area contributed by atoms with Crippen molar-refractivity contribution in [3.63, 3.8) is 0 Å². The van der Waals surface area contributed by atoms with Gasteiger partial charge >= 0.3 is 6.09 Å².